The van der Waals surface area contributed by atoms with Crippen molar-refractivity contribution in [3.63, 3.8) is 0 Å². The summed E-state index contributed by atoms with van der Waals surface area (Å²) in [7, 11) is 0. The van der Waals surface area contributed by atoms with E-state index in [1.54, 1.807) is 0 Å². The quantitative estimate of drug-likeness (QED) is 0.349. The van der Waals surface area contributed by atoms with Crippen molar-refractivity contribution in [2.24, 2.45) is 46.8 Å². The Labute approximate surface area is 159 Å². The maximum absolute atomic E-state index is 11.7. The van der Waals surface area contributed by atoms with Crippen molar-refractivity contribution in [2.45, 2.75) is 72.1 Å². The van der Waals surface area contributed by atoms with Crippen molar-refractivity contribution in [3.05, 3.63) is 12.2 Å². The van der Waals surface area contributed by atoms with Gasteiger partial charge in [0.05, 0.1) is 5.92 Å². The highest BCUT2D eigenvalue weighted by Crippen LogP contribution is 2.63. The Bertz CT molecular complexity index is 636. The van der Waals surface area contributed by atoms with Crippen LogP contribution in [-0.2, 0) is 9.53 Å². The molecule has 0 spiro atoms. The molecule has 0 bridgehead atoms. The van der Waals surface area contributed by atoms with E-state index < -0.39 is 0 Å². The van der Waals surface area contributed by atoms with Gasteiger partial charge in [0.2, 0.25) is 0 Å². The Kier molecular flexibility index (Phi) is 4.93. The van der Waals surface area contributed by atoms with Crippen LogP contribution >= 0.6 is 0 Å². The average molecular weight is 355 g/mol. The molecule has 3 fully saturated rings. The van der Waals surface area contributed by atoms with Gasteiger partial charge in [-0.25, -0.2) is 0 Å². The molecular formula is C24H34O2. The first kappa shape index (κ1) is 18.1. The highest BCUT2D eigenvalue weighted by atomic mass is 16.5. The van der Waals surface area contributed by atoms with Gasteiger partial charge in [-0.3, -0.25) is 4.79 Å². The van der Waals surface area contributed by atoms with E-state index in [0.717, 1.165) is 29.6 Å². The fourth-order valence-electron chi connectivity index (χ4n) is 6.92. The second-order valence-corrected chi connectivity index (χ2v) is 9.87. The zero-order valence-corrected chi connectivity index (χ0v) is 16.7. The van der Waals surface area contributed by atoms with E-state index in [4.69, 9.17) is 4.74 Å². The molecule has 0 heterocycles. The largest absolute Gasteiger partial charge is 0.372 e. The molecule has 0 aromatic carbocycles. The molecule has 7 atom stereocenters. The normalized spacial score (nSPS) is 43.7. The predicted molar refractivity (Wildman–Crippen MR) is 104 cm³/mol. The summed E-state index contributed by atoms with van der Waals surface area (Å²) in [6.45, 7) is 6.20. The number of rotatable bonds is 1. The number of carbonyl (C=O) groups excluding carboxylic acids is 1. The number of carbonyl (C=O) groups is 1. The smallest absolute Gasteiger partial charge is 0.322 e. The first-order valence-electron chi connectivity index (χ1n) is 10.9. The van der Waals surface area contributed by atoms with Gasteiger partial charge in [0, 0.05) is 5.92 Å². The van der Waals surface area contributed by atoms with Crippen LogP contribution < -0.4 is 0 Å². The van der Waals surface area contributed by atoms with Crippen LogP contribution in [0.2, 0.25) is 0 Å². The molecule has 2 heteroatoms. The van der Waals surface area contributed by atoms with Crippen molar-refractivity contribution in [1.29, 1.82) is 0 Å². The standard InChI is InChI=1S/C24H34O2/c1-16(2)23(25)26-15-13-18-9-11-22-21-10-8-17-6-4-5-7-19(17)20(21)12-14-24(18,22)3/h4-5,16-22H,6-12,14H2,1-3H3/t17?,18-,19-,20+,21+,22-,24+/m0/s1. The second-order valence-electron chi connectivity index (χ2n) is 9.87. The van der Waals surface area contributed by atoms with Crippen molar-refractivity contribution in [1.82, 2.24) is 0 Å². The van der Waals surface area contributed by atoms with Crippen LogP contribution in [0.15, 0.2) is 12.2 Å². The highest BCUT2D eigenvalue weighted by Gasteiger charge is 2.56. The molecular weight excluding hydrogens is 320 g/mol. The number of fused-ring (bicyclic) bond motifs is 5. The van der Waals surface area contributed by atoms with E-state index >= 15 is 0 Å². The van der Waals surface area contributed by atoms with E-state index in [-0.39, 0.29) is 11.9 Å². The van der Waals surface area contributed by atoms with Crippen molar-refractivity contribution in [3.8, 4) is 12.0 Å². The van der Waals surface area contributed by atoms with Crippen molar-refractivity contribution >= 4 is 5.97 Å². The van der Waals surface area contributed by atoms with Gasteiger partial charge in [-0.05, 0) is 86.4 Å². The SMILES string of the molecule is CC(C)C(=O)OC#C[C@@H]1CC[C@H]2[C@@H]3CCC4CC=CC[C@@H]4[C@H]3CC[C@]12C. The van der Waals surface area contributed by atoms with Gasteiger partial charge in [0.25, 0.3) is 0 Å². The summed E-state index contributed by atoms with van der Waals surface area (Å²) in [6.07, 6.45) is 18.4. The lowest BCUT2D eigenvalue weighted by Gasteiger charge is -2.54. The monoisotopic (exact) mass is 354 g/mol. The molecule has 142 valence electrons. The van der Waals surface area contributed by atoms with E-state index in [1.165, 1.54) is 51.4 Å². The van der Waals surface area contributed by atoms with Crippen LogP contribution in [0.25, 0.3) is 0 Å². The molecule has 0 aromatic rings. The van der Waals surface area contributed by atoms with Gasteiger partial charge < -0.3 is 4.74 Å². The summed E-state index contributed by atoms with van der Waals surface area (Å²) in [4.78, 5) is 11.7. The molecule has 4 aliphatic carbocycles. The van der Waals surface area contributed by atoms with E-state index in [1.807, 2.05) is 13.8 Å². The molecule has 0 N–H and O–H groups in total. The second kappa shape index (κ2) is 7.06. The van der Waals surface area contributed by atoms with Gasteiger partial charge in [0.15, 0.2) is 0 Å². The molecule has 0 amide bonds. The number of hydrogen-bond donors (Lipinski definition) is 0. The molecule has 0 aromatic heterocycles. The Morgan fingerprint density at radius 2 is 1.85 bits per heavy atom. The maximum Gasteiger partial charge on any atom is 0.322 e. The Morgan fingerprint density at radius 1 is 1.04 bits per heavy atom. The van der Waals surface area contributed by atoms with Crippen molar-refractivity contribution < 1.29 is 9.53 Å². The average Bonchev–Trinajstić information content (AvgIpc) is 2.98. The Balaban J connectivity index is 1.47. The van der Waals surface area contributed by atoms with Gasteiger partial charge in [-0.1, -0.05) is 38.8 Å². The molecule has 4 aliphatic rings. The fraction of sp³-hybridized carbons (Fsp3) is 0.792. The van der Waals surface area contributed by atoms with Crippen molar-refractivity contribution in [2.75, 3.05) is 0 Å². The number of ether oxygens (including phenoxy) is 1. The lowest BCUT2D eigenvalue weighted by Crippen LogP contribution is -2.47. The minimum Gasteiger partial charge on any atom is -0.372 e. The summed E-state index contributed by atoms with van der Waals surface area (Å²) >= 11 is 0. The predicted octanol–water partition coefficient (Wildman–Crippen LogP) is 5.58. The Morgan fingerprint density at radius 3 is 2.65 bits per heavy atom. The minimum absolute atomic E-state index is 0.105. The molecule has 26 heavy (non-hydrogen) atoms. The van der Waals surface area contributed by atoms with Gasteiger partial charge in [-0.15, -0.1) is 0 Å². The van der Waals surface area contributed by atoms with Crippen LogP contribution in [0.5, 0.6) is 0 Å². The lowest BCUT2D eigenvalue weighted by molar-refractivity contribution is -0.140. The molecule has 0 aliphatic heterocycles. The van der Waals surface area contributed by atoms with E-state index in [2.05, 4.69) is 31.1 Å². The third-order valence-corrected chi connectivity index (χ3v) is 8.39. The summed E-state index contributed by atoms with van der Waals surface area (Å²) in [5.41, 5.74) is 0.329. The topological polar surface area (TPSA) is 26.3 Å². The fourth-order valence-corrected chi connectivity index (χ4v) is 6.92. The molecule has 3 saturated carbocycles. The lowest BCUT2D eigenvalue weighted by atomic mass is 9.50. The van der Waals surface area contributed by atoms with Gasteiger partial charge in [-0.2, -0.15) is 0 Å². The number of hydrogen-bond acceptors (Lipinski definition) is 2. The van der Waals surface area contributed by atoms with Crippen LogP contribution in [0.1, 0.15) is 72.1 Å². The summed E-state index contributed by atoms with van der Waals surface area (Å²) in [5.74, 6) is 8.03. The Hall–Kier alpha value is -1.23. The number of allylic oxidation sites excluding steroid dienone is 2. The van der Waals surface area contributed by atoms with Gasteiger partial charge >= 0.3 is 5.97 Å². The van der Waals surface area contributed by atoms with Crippen LogP contribution in [0.4, 0.5) is 0 Å². The minimum atomic E-state index is -0.204. The van der Waals surface area contributed by atoms with Gasteiger partial charge in [0.1, 0.15) is 6.11 Å². The molecule has 1 unspecified atom stereocenters. The first-order valence-corrected chi connectivity index (χ1v) is 10.9. The summed E-state index contributed by atoms with van der Waals surface area (Å²) < 4.78 is 5.16. The first-order chi connectivity index (χ1) is 12.5. The van der Waals surface area contributed by atoms with E-state index in [9.17, 15) is 4.79 Å². The van der Waals surface area contributed by atoms with E-state index in [0.29, 0.717) is 11.3 Å². The summed E-state index contributed by atoms with van der Waals surface area (Å²) in [5, 5.41) is 0. The third-order valence-electron chi connectivity index (χ3n) is 8.39. The number of esters is 1. The molecule has 4 rings (SSSR count). The molecule has 2 nitrogen and oxygen atoms in total. The maximum atomic E-state index is 11.7. The zero-order chi connectivity index (χ0) is 18.3. The summed E-state index contributed by atoms with van der Waals surface area (Å²) in [6, 6.07) is 0. The zero-order valence-electron chi connectivity index (χ0n) is 16.7. The van der Waals surface area contributed by atoms with Crippen LogP contribution in [0, 0.1) is 58.9 Å². The van der Waals surface area contributed by atoms with Crippen LogP contribution in [0.3, 0.4) is 0 Å². The molecule has 0 radical (unpaired) electrons. The third kappa shape index (κ3) is 3.02. The molecule has 0 saturated heterocycles. The highest BCUT2D eigenvalue weighted by molar-refractivity contribution is 5.72. The van der Waals surface area contributed by atoms with Crippen LogP contribution in [-0.4, -0.2) is 5.97 Å².